The second-order valence-corrected chi connectivity index (χ2v) is 8.48. The van der Waals surface area contributed by atoms with Crippen molar-refractivity contribution in [3.8, 4) is 0 Å². The van der Waals surface area contributed by atoms with E-state index in [4.69, 9.17) is 0 Å². The first kappa shape index (κ1) is 17.1. The van der Waals surface area contributed by atoms with Crippen LogP contribution in [0.25, 0.3) is 0 Å². The van der Waals surface area contributed by atoms with Gasteiger partial charge in [-0.25, -0.2) is 12.8 Å². The molecule has 2 aliphatic heterocycles. The number of sulfonamides is 1. The Labute approximate surface area is 151 Å². The first-order valence-corrected chi connectivity index (χ1v) is 9.78. The molecule has 1 saturated heterocycles. The zero-order valence-electron chi connectivity index (χ0n) is 14.2. The molecule has 1 fully saturated rings. The molecule has 0 aliphatic carbocycles. The van der Waals surface area contributed by atoms with Crippen LogP contribution < -0.4 is 0 Å². The lowest BCUT2D eigenvalue weighted by molar-refractivity contribution is 0.0628. The van der Waals surface area contributed by atoms with Crippen LogP contribution in [-0.4, -0.2) is 48.1 Å². The number of pyridine rings is 1. The molecular weight excluding hydrogens is 357 g/mol. The lowest BCUT2D eigenvalue weighted by Crippen LogP contribution is -2.49. The molecule has 8 heteroatoms. The summed E-state index contributed by atoms with van der Waals surface area (Å²) < 4.78 is 40.4. The molecule has 0 bridgehead atoms. The van der Waals surface area contributed by atoms with E-state index in [1.807, 2.05) is 0 Å². The zero-order chi connectivity index (χ0) is 18.5. The van der Waals surface area contributed by atoms with E-state index in [1.165, 1.54) is 22.6 Å². The molecule has 136 valence electrons. The highest BCUT2D eigenvalue weighted by atomic mass is 32.2. The Morgan fingerprint density at radius 2 is 2.08 bits per heavy atom. The van der Waals surface area contributed by atoms with Crippen molar-refractivity contribution in [3.63, 3.8) is 0 Å². The van der Waals surface area contributed by atoms with Crippen molar-refractivity contribution in [2.24, 2.45) is 0 Å². The van der Waals surface area contributed by atoms with E-state index < -0.39 is 16.7 Å². The van der Waals surface area contributed by atoms with E-state index in [0.29, 0.717) is 23.2 Å². The standard InChI is InChI=1S/C18H18FN3O3S/c1-12-8-13(9-19)2-3-17(12)26(24,25)21-6-7-22-16(11-21)14-4-5-20-10-15(14)18(22)23/h2-5,8,10,16H,6-7,9,11H2,1H3. The lowest BCUT2D eigenvalue weighted by Gasteiger charge is -2.37. The van der Waals surface area contributed by atoms with E-state index >= 15 is 0 Å². The summed E-state index contributed by atoms with van der Waals surface area (Å²) in [5.74, 6) is -0.0985. The normalized spacial score (nSPS) is 20.2. The van der Waals surface area contributed by atoms with Crippen LogP contribution in [-0.2, 0) is 16.7 Å². The number of nitrogens with zero attached hydrogens (tertiary/aromatic N) is 3. The Kier molecular flexibility index (Phi) is 4.04. The van der Waals surface area contributed by atoms with Crippen LogP contribution in [0, 0.1) is 6.92 Å². The van der Waals surface area contributed by atoms with Crippen LogP contribution in [0.5, 0.6) is 0 Å². The molecule has 3 heterocycles. The van der Waals surface area contributed by atoms with Crippen molar-refractivity contribution in [1.82, 2.24) is 14.2 Å². The third kappa shape index (κ3) is 2.52. The van der Waals surface area contributed by atoms with Crippen molar-refractivity contribution in [2.75, 3.05) is 19.6 Å². The largest absolute Gasteiger partial charge is 0.329 e. The van der Waals surface area contributed by atoms with E-state index in [2.05, 4.69) is 4.98 Å². The summed E-state index contributed by atoms with van der Waals surface area (Å²) in [4.78, 5) is 18.4. The molecule has 0 spiro atoms. The topological polar surface area (TPSA) is 70.6 Å². The summed E-state index contributed by atoms with van der Waals surface area (Å²) >= 11 is 0. The summed E-state index contributed by atoms with van der Waals surface area (Å²) in [5, 5.41) is 0. The Balaban J connectivity index is 1.67. The van der Waals surface area contributed by atoms with E-state index in [1.54, 1.807) is 30.2 Å². The molecule has 26 heavy (non-hydrogen) atoms. The minimum atomic E-state index is -3.72. The fraction of sp³-hybridized carbons (Fsp3) is 0.333. The number of amides is 1. The zero-order valence-corrected chi connectivity index (χ0v) is 15.0. The van der Waals surface area contributed by atoms with Crippen LogP contribution in [0.2, 0.25) is 0 Å². The molecule has 1 aromatic carbocycles. The fourth-order valence-electron chi connectivity index (χ4n) is 3.74. The van der Waals surface area contributed by atoms with Gasteiger partial charge in [-0.15, -0.1) is 0 Å². The van der Waals surface area contributed by atoms with Gasteiger partial charge in [-0.05, 0) is 35.7 Å². The van der Waals surface area contributed by atoms with Gasteiger partial charge in [0.15, 0.2) is 0 Å². The van der Waals surface area contributed by atoms with Crippen LogP contribution in [0.3, 0.4) is 0 Å². The van der Waals surface area contributed by atoms with Gasteiger partial charge in [0, 0.05) is 32.0 Å². The van der Waals surface area contributed by atoms with Crippen LogP contribution in [0.15, 0.2) is 41.6 Å². The molecule has 2 aliphatic rings. The fourth-order valence-corrected chi connectivity index (χ4v) is 5.38. The molecule has 1 unspecified atom stereocenters. The predicted octanol–water partition coefficient (Wildman–Crippen LogP) is 2.06. The van der Waals surface area contributed by atoms with Crippen molar-refractivity contribution < 1.29 is 17.6 Å². The number of hydrogen-bond donors (Lipinski definition) is 0. The minimum absolute atomic E-state index is 0.0985. The summed E-state index contributed by atoms with van der Waals surface area (Å²) in [6, 6.07) is 5.99. The smallest absolute Gasteiger partial charge is 0.256 e. The number of aryl methyl sites for hydroxylation is 1. The Bertz CT molecular complexity index is 993. The summed E-state index contributed by atoms with van der Waals surface area (Å²) in [7, 11) is -3.72. The summed E-state index contributed by atoms with van der Waals surface area (Å²) in [6.45, 7) is 1.81. The third-order valence-electron chi connectivity index (χ3n) is 5.06. The maximum Gasteiger partial charge on any atom is 0.256 e. The maximum atomic E-state index is 13.1. The van der Waals surface area contributed by atoms with Gasteiger partial charge in [-0.1, -0.05) is 12.1 Å². The Morgan fingerprint density at radius 3 is 2.81 bits per heavy atom. The van der Waals surface area contributed by atoms with Crippen LogP contribution in [0.4, 0.5) is 4.39 Å². The van der Waals surface area contributed by atoms with Crippen LogP contribution >= 0.6 is 0 Å². The molecule has 2 aromatic rings. The number of benzene rings is 1. The monoisotopic (exact) mass is 375 g/mol. The minimum Gasteiger partial charge on any atom is -0.329 e. The summed E-state index contributed by atoms with van der Waals surface area (Å²) in [5.41, 5.74) is 2.33. The number of rotatable bonds is 3. The molecule has 4 rings (SSSR count). The first-order chi connectivity index (χ1) is 12.4. The predicted molar refractivity (Wildman–Crippen MR) is 92.8 cm³/mol. The molecule has 1 aromatic heterocycles. The quantitative estimate of drug-likeness (QED) is 0.823. The number of piperazine rings is 1. The van der Waals surface area contributed by atoms with Gasteiger partial charge in [-0.2, -0.15) is 4.31 Å². The molecule has 0 saturated carbocycles. The van der Waals surface area contributed by atoms with Gasteiger partial charge in [0.2, 0.25) is 10.0 Å². The third-order valence-corrected chi connectivity index (χ3v) is 7.08. The van der Waals surface area contributed by atoms with Gasteiger partial charge >= 0.3 is 0 Å². The van der Waals surface area contributed by atoms with Gasteiger partial charge in [0.05, 0.1) is 16.5 Å². The highest BCUT2D eigenvalue weighted by molar-refractivity contribution is 7.89. The molecule has 1 amide bonds. The number of alkyl halides is 1. The van der Waals surface area contributed by atoms with E-state index in [9.17, 15) is 17.6 Å². The number of fused-ring (bicyclic) bond motifs is 3. The molecule has 6 nitrogen and oxygen atoms in total. The van der Waals surface area contributed by atoms with Crippen molar-refractivity contribution >= 4 is 15.9 Å². The highest BCUT2D eigenvalue weighted by Gasteiger charge is 2.43. The van der Waals surface area contributed by atoms with Gasteiger partial charge in [-0.3, -0.25) is 9.78 Å². The number of carbonyl (C=O) groups excluding carboxylic acids is 1. The molecular formula is C18H18FN3O3S. The first-order valence-electron chi connectivity index (χ1n) is 8.34. The highest BCUT2D eigenvalue weighted by Crippen LogP contribution is 2.37. The number of aromatic nitrogens is 1. The second-order valence-electron chi connectivity index (χ2n) is 6.57. The van der Waals surface area contributed by atoms with E-state index in [-0.39, 0.29) is 29.9 Å². The molecule has 0 N–H and O–H groups in total. The van der Waals surface area contributed by atoms with Gasteiger partial charge in [0.25, 0.3) is 5.91 Å². The SMILES string of the molecule is Cc1cc(CF)ccc1S(=O)(=O)N1CCN2C(=O)c3cnccc3C2C1. The number of halogens is 1. The van der Waals surface area contributed by atoms with Gasteiger partial charge in [0.1, 0.15) is 6.67 Å². The Morgan fingerprint density at radius 1 is 1.27 bits per heavy atom. The van der Waals surface area contributed by atoms with Crippen molar-refractivity contribution in [3.05, 3.63) is 58.9 Å². The van der Waals surface area contributed by atoms with Crippen molar-refractivity contribution in [1.29, 1.82) is 0 Å². The average Bonchev–Trinajstić information content (AvgIpc) is 2.94. The molecule has 0 radical (unpaired) electrons. The van der Waals surface area contributed by atoms with Crippen LogP contribution in [0.1, 0.15) is 33.1 Å². The lowest BCUT2D eigenvalue weighted by atomic mass is 10.1. The van der Waals surface area contributed by atoms with E-state index in [0.717, 1.165) is 5.56 Å². The summed E-state index contributed by atoms with van der Waals surface area (Å²) in [6.07, 6.45) is 3.15. The number of hydrogen-bond acceptors (Lipinski definition) is 4. The Hall–Kier alpha value is -2.32. The molecule has 1 atom stereocenters. The average molecular weight is 375 g/mol. The number of carbonyl (C=O) groups is 1. The maximum absolute atomic E-state index is 13.1. The van der Waals surface area contributed by atoms with Crippen molar-refractivity contribution in [2.45, 2.75) is 24.5 Å². The second kappa shape index (κ2) is 6.14. The van der Waals surface area contributed by atoms with Gasteiger partial charge < -0.3 is 4.90 Å².